The molecule has 2 heteroatoms. The van der Waals surface area contributed by atoms with Gasteiger partial charge >= 0.3 is 0 Å². The summed E-state index contributed by atoms with van der Waals surface area (Å²) in [6.45, 7) is 6.15. The molecule has 186 valence electrons. The van der Waals surface area contributed by atoms with Crippen LogP contribution in [0.4, 0.5) is 0 Å². The Morgan fingerprint density at radius 3 is 1.82 bits per heavy atom. The van der Waals surface area contributed by atoms with Gasteiger partial charge in [0.05, 0.1) is 5.76 Å². The van der Waals surface area contributed by atoms with Crippen LogP contribution in [0.1, 0.15) is 121 Å². The maximum atomic E-state index is 9.27. The number of benzene rings is 1. The molecule has 0 spiro atoms. The Kier molecular flexibility index (Phi) is 12.4. The van der Waals surface area contributed by atoms with Gasteiger partial charge in [-0.25, -0.2) is 0 Å². The fourth-order valence-corrected chi connectivity index (χ4v) is 6.53. The standard InChI is InChI=1S/C16H31N.C15H20O/c1-3-7-15(8-4-1)11-13-17-14-12-16-9-5-2-6-10-16;1-12(16)10-13-6-5-9-15(11-13)14-7-3-2-4-8-14/h15-17H,1-14H2;2-4,7-8,13,15-16H,1,5-6,9-11H2. The minimum absolute atomic E-state index is 0.346. The lowest BCUT2D eigenvalue weighted by Crippen LogP contribution is -2.22. The van der Waals surface area contributed by atoms with Gasteiger partial charge in [-0.1, -0.05) is 108 Å². The summed E-state index contributed by atoms with van der Waals surface area (Å²) in [5, 5.41) is 12.9. The second-order valence-corrected chi connectivity index (χ2v) is 11.2. The lowest BCUT2D eigenvalue weighted by atomic mass is 9.76. The molecule has 0 heterocycles. The maximum Gasteiger partial charge on any atom is 0.0853 e. The van der Waals surface area contributed by atoms with E-state index >= 15 is 0 Å². The average molecular weight is 454 g/mol. The molecule has 1 aromatic rings. The fourth-order valence-electron chi connectivity index (χ4n) is 6.53. The molecule has 1 aromatic carbocycles. The lowest BCUT2D eigenvalue weighted by Gasteiger charge is -2.29. The van der Waals surface area contributed by atoms with Crippen LogP contribution in [0.5, 0.6) is 0 Å². The number of aliphatic hydroxyl groups is 1. The first-order valence-electron chi connectivity index (χ1n) is 14.3. The highest BCUT2D eigenvalue weighted by Gasteiger charge is 2.23. The van der Waals surface area contributed by atoms with Gasteiger partial charge in [-0.05, 0) is 74.4 Å². The van der Waals surface area contributed by atoms with E-state index in [1.807, 2.05) is 0 Å². The highest BCUT2D eigenvalue weighted by Crippen LogP contribution is 2.38. The van der Waals surface area contributed by atoms with E-state index < -0.39 is 0 Å². The van der Waals surface area contributed by atoms with E-state index in [1.165, 1.54) is 121 Å². The van der Waals surface area contributed by atoms with Gasteiger partial charge in [0.2, 0.25) is 0 Å². The second-order valence-electron chi connectivity index (χ2n) is 11.2. The number of hydrogen-bond donors (Lipinski definition) is 2. The molecule has 0 saturated heterocycles. The summed E-state index contributed by atoms with van der Waals surface area (Å²) in [5.41, 5.74) is 1.45. The molecule has 2 nitrogen and oxygen atoms in total. The van der Waals surface area contributed by atoms with Crippen LogP contribution in [0.15, 0.2) is 42.7 Å². The van der Waals surface area contributed by atoms with Crippen molar-refractivity contribution in [3.8, 4) is 0 Å². The van der Waals surface area contributed by atoms with Crippen molar-refractivity contribution in [3.05, 3.63) is 48.2 Å². The van der Waals surface area contributed by atoms with Crippen molar-refractivity contribution < 1.29 is 5.11 Å². The van der Waals surface area contributed by atoms with Crippen molar-refractivity contribution in [1.82, 2.24) is 5.32 Å². The van der Waals surface area contributed by atoms with Crippen LogP contribution in [0.2, 0.25) is 0 Å². The van der Waals surface area contributed by atoms with Gasteiger partial charge in [0, 0.05) is 6.42 Å². The van der Waals surface area contributed by atoms with Gasteiger partial charge in [-0.3, -0.25) is 0 Å². The molecule has 0 amide bonds. The van der Waals surface area contributed by atoms with Crippen LogP contribution in [0, 0.1) is 17.8 Å². The van der Waals surface area contributed by atoms with Gasteiger partial charge in [0.25, 0.3) is 0 Å². The molecule has 3 saturated carbocycles. The number of allylic oxidation sites excluding steroid dienone is 1. The molecule has 0 aliphatic heterocycles. The number of aliphatic hydroxyl groups excluding tert-OH is 1. The van der Waals surface area contributed by atoms with Crippen LogP contribution in [-0.4, -0.2) is 18.2 Å². The quantitative estimate of drug-likeness (QED) is 0.289. The van der Waals surface area contributed by atoms with E-state index in [2.05, 4.69) is 42.2 Å². The van der Waals surface area contributed by atoms with Crippen LogP contribution in [0.25, 0.3) is 0 Å². The van der Waals surface area contributed by atoms with E-state index in [-0.39, 0.29) is 0 Å². The Balaban J connectivity index is 0.000000186. The predicted molar refractivity (Wildman–Crippen MR) is 143 cm³/mol. The van der Waals surface area contributed by atoms with E-state index in [4.69, 9.17) is 0 Å². The summed E-state index contributed by atoms with van der Waals surface area (Å²) < 4.78 is 0. The zero-order valence-electron chi connectivity index (χ0n) is 21.3. The zero-order valence-corrected chi connectivity index (χ0v) is 21.3. The third-order valence-electron chi connectivity index (χ3n) is 8.49. The minimum Gasteiger partial charge on any atom is -0.513 e. The molecule has 33 heavy (non-hydrogen) atoms. The lowest BCUT2D eigenvalue weighted by molar-refractivity contribution is 0.278. The molecule has 0 radical (unpaired) electrons. The fraction of sp³-hybridized carbons (Fsp3) is 0.742. The first-order chi connectivity index (χ1) is 16.2. The first-order valence-corrected chi connectivity index (χ1v) is 14.3. The monoisotopic (exact) mass is 453 g/mol. The van der Waals surface area contributed by atoms with Crippen LogP contribution in [0.3, 0.4) is 0 Å². The van der Waals surface area contributed by atoms with Crippen molar-refractivity contribution in [3.63, 3.8) is 0 Å². The summed E-state index contributed by atoms with van der Waals surface area (Å²) in [4.78, 5) is 0. The predicted octanol–water partition coefficient (Wildman–Crippen LogP) is 8.94. The van der Waals surface area contributed by atoms with Gasteiger partial charge in [-0.15, -0.1) is 0 Å². The third kappa shape index (κ3) is 10.7. The Morgan fingerprint density at radius 1 is 0.727 bits per heavy atom. The van der Waals surface area contributed by atoms with Crippen molar-refractivity contribution >= 4 is 0 Å². The Morgan fingerprint density at radius 2 is 1.27 bits per heavy atom. The summed E-state index contributed by atoms with van der Waals surface area (Å²) in [7, 11) is 0. The topological polar surface area (TPSA) is 32.3 Å². The average Bonchev–Trinajstić information content (AvgIpc) is 2.86. The van der Waals surface area contributed by atoms with E-state index in [0.29, 0.717) is 17.6 Å². The minimum atomic E-state index is 0.346. The van der Waals surface area contributed by atoms with Crippen LogP contribution >= 0.6 is 0 Å². The van der Waals surface area contributed by atoms with Gasteiger partial charge in [0.1, 0.15) is 0 Å². The van der Waals surface area contributed by atoms with Gasteiger partial charge < -0.3 is 10.4 Å². The van der Waals surface area contributed by atoms with Crippen molar-refractivity contribution in [2.75, 3.05) is 13.1 Å². The number of nitrogens with one attached hydrogen (secondary N) is 1. The Labute approximate surface area is 204 Å². The van der Waals surface area contributed by atoms with Gasteiger partial charge in [0.15, 0.2) is 0 Å². The largest absolute Gasteiger partial charge is 0.513 e. The molecule has 3 aliphatic rings. The molecule has 0 bridgehead atoms. The molecule has 0 aromatic heterocycles. The van der Waals surface area contributed by atoms with Gasteiger partial charge in [-0.2, -0.15) is 0 Å². The normalized spacial score (nSPS) is 24.6. The molecular formula is C31H51NO. The maximum absolute atomic E-state index is 9.27. The van der Waals surface area contributed by atoms with Crippen molar-refractivity contribution in [1.29, 1.82) is 0 Å². The summed E-state index contributed by atoms with van der Waals surface area (Å²) >= 11 is 0. The molecule has 2 N–H and O–H groups in total. The van der Waals surface area contributed by atoms with E-state index in [9.17, 15) is 5.11 Å². The molecule has 3 fully saturated rings. The second kappa shape index (κ2) is 15.6. The van der Waals surface area contributed by atoms with Crippen LogP contribution < -0.4 is 5.32 Å². The van der Waals surface area contributed by atoms with Crippen molar-refractivity contribution in [2.24, 2.45) is 17.8 Å². The smallest absolute Gasteiger partial charge is 0.0853 e. The van der Waals surface area contributed by atoms with E-state index in [1.54, 1.807) is 0 Å². The Bertz CT molecular complexity index is 610. The van der Waals surface area contributed by atoms with E-state index in [0.717, 1.165) is 18.3 Å². The summed E-state index contributed by atoms with van der Waals surface area (Å²) in [6.07, 6.45) is 23.6. The number of hydrogen-bond acceptors (Lipinski definition) is 2. The summed E-state index contributed by atoms with van der Waals surface area (Å²) in [5.74, 6) is 3.74. The molecular weight excluding hydrogens is 402 g/mol. The Hall–Kier alpha value is -1.28. The molecule has 2 atom stereocenters. The third-order valence-corrected chi connectivity index (χ3v) is 8.49. The van der Waals surface area contributed by atoms with Crippen molar-refractivity contribution in [2.45, 2.75) is 115 Å². The molecule has 3 aliphatic carbocycles. The highest BCUT2D eigenvalue weighted by atomic mass is 16.3. The highest BCUT2D eigenvalue weighted by molar-refractivity contribution is 5.20. The number of rotatable bonds is 9. The van der Waals surface area contributed by atoms with Crippen LogP contribution in [-0.2, 0) is 0 Å². The SMILES string of the molecule is C1CCC(CCNCCC2CCCCC2)CC1.C=C(O)CC1CCCC(c2ccccc2)C1. The summed E-state index contributed by atoms with van der Waals surface area (Å²) in [6, 6.07) is 10.7. The first kappa shape index (κ1) is 26.3. The zero-order chi connectivity index (χ0) is 23.1. The molecule has 2 unspecified atom stereocenters. The molecule has 4 rings (SSSR count).